The lowest BCUT2D eigenvalue weighted by Crippen LogP contribution is -2.45. The molecule has 0 bridgehead atoms. The molecule has 0 saturated heterocycles. The Bertz CT molecular complexity index is 1320. The summed E-state index contributed by atoms with van der Waals surface area (Å²) in [5, 5.41) is 15.2. The van der Waals surface area contributed by atoms with Crippen LogP contribution in [0.25, 0.3) is 10.6 Å². The zero-order valence-electron chi connectivity index (χ0n) is 20.9. The van der Waals surface area contributed by atoms with Crippen molar-refractivity contribution in [1.29, 1.82) is 0 Å². The number of rotatable bonds is 11. The standard InChI is InChI=1S/C29H30N4O3S/c1-3-4-17-36-24-15-13-22(14-16-24)26(34)30-25(19-21-10-6-5-7-11-21)27(35)31-29-33-32-28(37-29)23-12-8-9-20(2)18-23/h5-16,18,25H,3-4,17,19H2,1-2H3,(H,30,34)(H,31,33,35). The van der Waals surface area contributed by atoms with Crippen LogP contribution in [0.1, 0.15) is 41.3 Å². The van der Waals surface area contributed by atoms with Crippen LogP contribution in [-0.4, -0.2) is 34.7 Å². The van der Waals surface area contributed by atoms with E-state index in [1.165, 1.54) is 11.3 Å². The van der Waals surface area contributed by atoms with Gasteiger partial charge in [-0.15, -0.1) is 10.2 Å². The van der Waals surface area contributed by atoms with Gasteiger partial charge in [0.05, 0.1) is 6.61 Å². The number of hydrogen-bond acceptors (Lipinski definition) is 6. The molecule has 1 unspecified atom stereocenters. The number of ether oxygens (including phenoxy) is 1. The Morgan fingerprint density at radius 1 is 0.973 bits per heavy atom. The Morgan fingerprint density at radius 3 is 2.49 bits per heavy atom. The van der Waals surface area contributed by atoms with Crippen molar-refractivity contribution < 1.29 is 14.3 Å². The van der Waals surface area contributed by atoms with Crippen LogP contribution in [0.4, 0.5) is 5.13 Å². The van der Waals surface area contributed by atoms with Crippen LogP contribution in [0.5, 0.6) is 5.75 Å². The molecule has 0 spiro atoms. The van der Waals surface area contributed by atoms with Crippen molar-refractivity contribution >= 4 is 28.3 Å². The van der Waals surface area contributed by atoms with Crippen LogP contribution in [0.2, 0.25) is 0 Å². The molecule has 3 aromatic carbocycles. The summed E-state index contributed by atoms with van der Waals surface area (Å²) in [4.78, 5) is 26.3. The van der Waals surface area contributed by atoms with Crippen molar-refractivity contribution in [3.8, 4) is 16.3 Å². The summed E-state index contributed by atoms with van der Waals surface area (Å²) in [5.41, 5.74) is 3.44. The van der Waals surface area contributed by atoms with Crippen molar-refractivity contribution in [2.24, 2.45) is 0 Å². The maximum Gasteiger partial charge on any atom is 0.251 e. The number of carbonyl (C=O) groups is 2. The van der Waals surface area contributed by atoms with E-state index in [1.54, 1.807) is 24.3 Å². The number of aromatic nitrogens is 2. The SMILES string of the molecule is CCCCOc1ccc(C(=O)NC(Cc2ccccc2)C(=O)Nc2nnc(-c3cccc(C)c3)s2)cc1. The first-order chi connectivity index (χ1) is 18.0. The predicted molar refractivity (Wildman–Crippen MR) is 147 cm³/mol. The van der Waals surface area contributed by atoms with Crippen molar-refractivity contribution in [2.75, 3.05) is 11.9 Å². The van der Waals surface area contributed by atoms with Gasteiger partial charge in [-0.2, -0.15) is 0 Å². The van der Waals surface area contributed by atoms with Crippen molar-refractivity contribution in [2.45, 2.75) is 39.2 Å². The minimum atomic E-state index is -0.804. The summed E-state index contributed by atoms with van der Waals surface area (Å²) in [6.07, 6.45) is 2.36. The molecule has 37 heavy (non-hydrogen) atoms. The maximum atomic E-state index is 13.3. The molecule has 2 N–H and O–H groups in total. The molecule has 0 fully saturated rings. The molecule has 4 aromatic rings. The van der Waals surface area contributed by atoms with Crippen LogP contribution < -0.4 is 15.4 Å². The van der Waals surface area contributed by atoms with E-state index in [-0.39, 0.29) is 11.8 Å². The first kappa shape index (κ1) is 26.0. The lowest BCUT2D eigenvalue weighted by atomic mass is 10.0. The van der Waals surface area contributed by atoms with Crippen LogP contribution in [0.15, 0.2) is 78.9 Å². The van der Waals surface area contributed by atoms with E-state index >= 15 is 0 Å². The quantitative estimate of drug-likeness (QED) is 0.252. The van der Waals surface area contributed by atoms with Gasteiger partial charge >= 0.3 is 0 Å². The fourth-order valence-electron chi connectivity index (χ4n) is 3.70. The number of carbonyl (C=O) groups excluding carboxylic acids is 2. The molecule has 8 heteroatoms. The fraction of sp³-hybridized carbons (Fsp3) is 0.241. The van der Waals surface area contributed by atoms with Gasteiger partial charge in [0.2, 0.25) is 11.0 Å². The van der Waals surface area contributed by atoms with Crippen LogP contribution in [0.3, 0.4) is 0 Å². The fourth-order valence-corrected chi connectivity index (χ4v) is 4.44. The topological polar surface area (TPSA) is 93.2 Å². The second-order valence-corrected chi connectivity index (χ2v) is 9.69. The number of hydrogen-bond donors (Lipinski definition) is 2. The molecule has 0 radical (unpaired) electrons. The summed E-state index contributed by atoms with van der Waals surface area (Å²) < 4.78 is 5.68. The van der Waals surface area contributed by atoms with E-state index in [0.717, 1.165) is 29.5 Å². The third-order valence-electron chi connectivity index (χ3n) is 5.71. The lowest BCUT2D eigenvalue weighted by Gasteiger charge is -2.18. The van der Waals surface area contributed by atoms with Crippen LogP contribution >= 0.6 is 11.3 Å². The van der Waals surface area contributed by atoms with Gasteiger partial charge in [0, 0.05) is 17.5 Å². The highest BCUT2D eigenvalue weighted by Gasteiger charge is 2.23. The number of unbranched alkanes of at least 4 members (excludes halogenated alkanes) is 1. The van der Waals surface area contributed by atoms with Crippen LogP contribution in [-0.2, 0) is 11.2 Å². The van der Waals surface area contributed by atoms with Crippen molar-refractivity contribution in [3.63, 3.8) is 0 Å². The summed E-state index contributed by atoms with van der Waals surface area (Å²) in [5.74, 6) is 0.0156. The number of anilines is 1. The van der Waals surface area contributed by atoms with Gasteiger partial charge in [-0.1, -0.05) is 78.8 Å². The largest absolute Gasteiger partial charge is 0.494 e. The maximum absolute atomic E-state index is 13.3. The van der Waals surface area contributed by atoms with E-state index in [4.69, 9.17) is 4.74 Å². The van der Waals surface area contributed by atoms with E-state index in [9.17, 15) is 9.59 Å². The number of amides is 2. The first-order valence-electron chi connectivity index (χ1n) is 12.3. The van der Waals surface area contributed by atoms with Gasteiger partial charge < -0.3 is 10.1 Å². The van der Waals surface area contributed by atoms with Gasteiger partial charge in [-0.3, -0.25) is 14.9 Å². The molecule has 1 aromatic heterocycles. The van der Waals surface area contributed by atoms with E-state index in [0.29, 0.717) is 34.5 Å². The predicted octanol–water partition coefficient (Wildman–Crippen LogP) is 5.67. The molecule has 1 atom stereocenters. The van der Waals surface area contributed by atoms with Crippen molar-refractivity contribution in [1.82, 2.24) is 15.5 Å². The van der Waals surface area contributed by atoms with Crippen LogP contribution in [0, 0.1) is 6.92 Å². The molecule has 0 saturated carbocycles. The third-order valence-corrected chi connectivity index (χ3v) is 6.60. The highest BCUT2D eigenvalue weighted by Crippen LogP contribution is 2.27. The molecule has 0 aliphatic carbocycles. The minimum absolute atomic E-state index is 0.333. The highest BCUT2D eigenvalue weighted by molar-refractivity contribution is 7.18. The zero-order chi connectivity index (χ0) is 26.0. The Hall–Kier alpha value is -4.04. The van der Waals surface area contributed by atoms with E-state index < -0.39 is 6.04 Å². The average molecular weight is 515 g/mol. The molecule has 0 aliphatic rings. The molecule has 1 heterocycles. The Labute approximate surface area is 220 Å². The van der Waals surface area contributed by atoms with E-state index in [2.05, 4.69) is 27.8 Å². The average Bonchev–Trinajstić information content (AvgIpc) is 3.38. The monoisotopic (exact) mass is 514 g/mol. The number of nitrogens with zero attached hydrogens (tertiary/aromatic N) is 2. The smallest absolute Gasteiger partial charge is 0.251 e. The van der Waals surface area contributed by atoms with Gasteiger partial charge in [-0.25, -0.2) is 0 Å². The summed E-state index contributed by atoms with van der Waals surface area (Å²) >= 11 is 1.29. The van der Waals surface area contributed by atoms with Gasteiger partial charge in [0.1, 0.15) is 16.8 Å². The Balaban J connectivity index is 1.46. The molecule has 2 amide bonds. The Morgan fingerprint density at radius 2 is 1.76 bits per heavy atom. The van der Waals surface area contributed by atoms with E-state index in [1.807, 2.05) is 61.5 Å². The molecule has 0 aliphatic heterocycles. The van der Waals surface area contributed by atoms with Gasteiger partial charge in [0.25, 0.3) is 5.91 Å². The molecular formula is C29H30N4O3S. The third kappa shape index (κ3) is 7.47. The second-order valence-electron chi connectivity index (χ2n) is 8.71. The van der Waals surface area contributed by atoms with Gasteiger partial charge in [0.15, 0.2) is 0 Å². The lowest BCUT2D eigenvalue weighted by molar-refractivity contribution is -0.118. The van der Waals surface area contributed by atoms with Crippen molar-refractivity contribution in [3.05, 3.63) is 95.6 Å². The molecule has 190 valence electrons. The minimum Gasteiger partial charge on any atom is -0.494 e. The molecular weight excluding hydrogens is 484 g/mol. The second kappa shape index (κ2) is 12.8. The first-order valence-corrected chi connectivity index (χ1v) is 13.1. The number of nitrogens with one attached hydrogen (secondary N) is 2. The molecule has 7 nitrogen and oxygen atoms in total. The molecule has 4 rings (SSSR count). The highest BCUT2D eigenvalue weighted by atomic mass is 32.1. The number of benzene rings is 3. The summed E-state index contributed by atoms with van der Waals surface area (Å²) in [6, 6.07) is 23.7. The summed E-state index contributed by atoms with van der Waals surface area (Å²) in [6.45, 7) is 4.75. The normalized spacial score (nSPS) is 11.5. The van der Waals surface area contributed by atoms with Gasteiger partial charge in [-0.05, 0) is 49.2 Å². The Kier molecular flexibility index (Phi) is 8.99. The summed E-state index contributed by atoms with van der Waals surface area (Å²) in [7, 11) is 0. The zero-order valence-corrected chi connectivity index (χ0v) is 21.8. The number of aryl methyl sites for hydroxylation is 1.